The summed E-state index contributed by atoms with van der Waals surface area (Å²) in [7, 11) is 0. The van der Waals surface area contributed by atoms with Gasteiger partial charge in [-0.15, -0.1) is 0 Å². The fraction of sp³-hybridized carbons (Fsp3) is 0.0638. The van der Waals surface area contributed by atoms with Crippen LogP contribution in [0.15, 0.2) is 154 Å². The summed E-state index contributed by atoms with van der Waals surface area (Å²) in [5.41, 5.74) is 13.8. The SMILES string of the molecule is CC1(C)c2ccccc2-c2ccc(-c3c4ccccc4c(-c4ccc5oc6ccc7c8ccccc8oc7c6c5c4)c4ccccc34)cc21. The third-order valence-electron chi connectivity index (χ3n) is 11.1. The van der Waals surface area contributed by atoms with Gasteiger partial charge in [0.1, 0.15) is 22.3 Å². The third kappa shape index (κ3) is 3.55. The molecule has 2 heterocycles. The first-order chi connectivity index (χ1) is 24.1. The van der Waals surface area contributed by atoms with E-state index in [-0.39, 0.29) is 5.41 Å². The van der Waals surface area contributed by atoms with Gasteiger partial charge in [0.25, 0.3) is 0 Å². The van der Waals surface area contributed by atoms with E-state index < -0.39 is 0 Å². The molecule has 2 aromatic heterocycles. The number of hydrogen-bond acceptors (Lipinski definition) is 2. The van der Waals surface area contributed by atoms with Gasteiger partial charge in [-0.05, 0) is 102 Å². The summed E-state index contributed by atoms with van der Waals surface area (Å²) in [5.74, 6) is 0. The van der Waals surface area contributed by atoms with E-state index in [0.29, 0.717) is 0 Å². The molecular weight excluding hydrogens is 597 g/mol. The van der Waals surface area contributed by atoms with Crippen LogP contribution >= 0.6 is 0 Å². The molecule has 0 unspecified atom stereocenters. The zero-order valence-electron chi connectivity index (χ0n) is 27.2. The smallest absolute Gasteiger partial charge is 0.147 e. The van der Waals surface area contributed by atoms with Crippen molar-refractivity contribution in [3.8, 4) is 33.4 Å². The normalized spacial score (nSPS) is 13.7. The van der Waals surface area contributed by atoms with E-state index in [4.69, 9.17) is 8.83 Å². The molecule has 11 rings (SSSR count). The monoisotopic (exact) mass is 626 g/mol. The van der Waals surface area contributed by atoms with Crippen molar-refractivity contribution in [1.82, 2.24) is 0 Å². The van der Waals surface area contributed by atoms with Crippen molar-refractivity contribution in [3.05, 3.63) is 157 Å². The van der Waals surface area contributed by atoms with E-state index >= 15 is 0 Å². The largest absolute Gasteiger partial charge is 0.456 e. The van der Waals surface area contributed by atoms with Crippen LogP contribution in [-0.2, 0) is 5.41 Å². The van der Waals surface area contributed by atoms with Crippen molar-refractivity contribution in [2.75, 3.05) is 0 Å². The molecule has 0 radical (unpaired) electrons. The summed E-state index contributed by atoms with van der Waals surface area (Å²) >= 11 is 0. The molecule has 0 fully saturated rings. The average Bonchev–Trinajstić information content (AvgIpc) is 3.78. The van der Waals surface area contributed by atoms with Crippen molar-refractivity contribution in [3.63, 3.8) is 0 Å². The average molecular weight is 627 g/mol. The molecule has 1 aliphatic carbocycles. The van der Waals surface area contributed by atoms with Gasteiger partial charge in [-0.2, -0.15) is 0 Å². The first-order valence-corrected chi connectivity index (χ1v) is 17.0. The Bertz CT molecular complexity index is 2970. The molecule has 8 aromatic carbocycles. The molecule has 0 aliphatic heterocycles. The molecule has 49 heavy (non-hydrogen) atoms. The van der Waals surface area contributed by atoms with Crippen LogP contribution in [0.5, 0.6) is 0 Å². The van der Waals surface area contributed by atoms with Crippen LogP contribution in [0.2, 0.25) is 0 Å². The van der Waals surface area contributed by atoms with E-state index in [9.17, 15) is 0 Å². The summed E-state index contributed by atoms with van der Waals surface area (Å²) in [6.45, 7) is 4.71. The number of fused-ring (bicyclic) bond motifs is 12. The molecule has 0 N–H and O–H groups in total. The molecule has 10 aromatic rings. The van der Waals surface area contributed by atoms with Crippen LogP contribution in [0.3, 0.4) is 0 Å². The first kappa shape index (κ1) is 26.9. The predicted octanol–water partition coefficient (Wildman–Crippen LogP) is 13.4. The second-order valence-electron chi connectivity index (χ2n) is 14.0. The quantitative estimate of drug-likeness (QED) is 0.178. The molecule has 2 heteroatoms. The summed E-state index contributed by atoms with van der Waals surface area (Å²) in [6.07, 6.45) is 0. The molecule has 0 saturated heterocycles. The molecular formula is C47H30O2. The Morgan fingerprint density at radius 3 is 1.67 bits per heavy atom. The van der Waals surface area contributed by atoms with Gasteiger partial charge in [0.05, 0.1) is 5.39 Å². The van der Waals surface area contributed by atoms with Crippen LogP contribution in [0.4, 0.5) is 0 Å². The highest BCUT2D eigenvalue weighted by molar-refractivity contribution is 6.25. The summed E-state index contributed by atoms with van der Waals surface area (Å²) in [6, 6.07) is 52.9. The number of rotatable bonds is 2. The maximum atomic E-state index is 6.49. The Balaban J connectivity index is 1.19. The molecule has 0 atom stereocenters. The highest BCUT2D eigenvalue weighted by atomic mass is 16.3. The fourth-order valence-corrected chi connectivity index (χ4v) is 8.81. The van der Waals surface area contributed by atoms with Crippen LogP contribution < -0.4 is 0 Å². The van der Waals surface area contributed by atoms with Gasteiger partial charge in [-0.3, -0.25) is 0 Å². The van der Waals surface area contributed by atoms with Crippen LogP contribution in [0.25, 0.3) is 98.8 Å². The zero-order valence-corrected chi connectivity index (χ0v) is 27.2. The van der Waals surface area contributed by atoms with Gasteiger partial charge in [0, 0.05) is 21.6 Å². The van der Waals surface area contributed by atoms with Gasteiger partial charge in [0.15, 0.2) is 0 Å². The summed E-state index contributed by atoms with van der Waals surface area (Å²) in [4.78, 5) is 0. The fourth-order valence-electron chi connectivity index (χ4n) is 8.81. The van der Waals surface area contributed by atoms with Crippen LogP contribution in [-0.4, -0.2) is 0 Å². The van der Waals surface area contributed by atoms with Crippen molar-refractivity contribution in [2.45, 2.75) is 19.3 Å². The molecule has 0 bridgehead atoms. The molecule has 1 aliphatic rings. The maximum absolute atomic E-state index is 6.49. The van der Waals surface area contributed by atoms with Crippen LogP contribution in [0, 0.1) is 0 Å². The maximum Gasteiger partial charge on any atom is 0.147 e. The van der Waals surface area contributed by atoms with E-state index in [1.807, 2.05) is 12.1 Å². The molecule has 0 spiro atoms. The molecule has 230 valence electrons. The predicted molar refractivity (Wildman–Crippen MR) is 204 cm³/mol. The van der Waals surface area contributed by atoms with E-state index in [1.165, 1.54) is 60.5 Å². The molecule has 2 nitrogen and oxygen atoms in total. The number of furan rings is 2. The lowest BCUT2D eigenvalue weighted by Crippen LogP contribution is -2.14. The van der Waals surface area contributed by atoms with Gasteiger partial charge in [0.2, 0.25) is 0 Å². The zero-order chi connectivity index (χ0) is 32.4. The summed E-state index contributed by atoms with van der Waals surface area (Å²) in [5, 5.41) is 9.30. The minimum Gasteiger partial charge on any atom is -0.456 e. The van der Waals surface area contributed by atoms with Crippen molar-refractivity contribution in [2.24, 2.45) is 0 Å². The Labute approximate surface area is 282 Å². The Kier molecular flexibility index (Phi) is 5.21. The highest BCUT2D eigenvalue weighted by Gasteiger charge is 2.35. The first-order valence-electron chi connectivity index (χ1n) is 17.0. The topological polar surface area (TPSA) is 26.3 Å². The van der Waals surface area contributed by atoms with Gasteiger partial charge >= 0.3 is 0 Å². The Hall–Kier alpha value is -6.12. The molecule has 0 saturated carbocycles. The van der Waals surface area contributed by atoms with Crippen LogP contribution in [0.1, 0.15) is 25.0 Å². The van der Waals surface area contributed by atoms with Gasteiger partial charge in [-0.25, -0.2) is 0 Å². The lowest BCUT2D eigenvalue weighted by molar-refractivity contribution is 0.660. The minimum atomic E-state index is -0.0679. The lowest BCUT2D eigenvalue weighted by Gasteiger charge is -2.23. The number of hydrogen-bond donors (Lipinski definition) is 0. The van der Waals surface area contributed by atoms with E-state index in [0.717, 1.165) is 49.4 Å². The lowest BCUT2D eigenvalue weighted by atomic mass is 9.80. The van der Waals surface area contributed by atoms with Crippen molar-refractivity contribution >= 4 is 65.4 Å². The Morgan fingerprint density at radius 2 is 0.939 bits per heavy atom. The second-order valence-corrected chi connectivity index (χ2v) is 14.0. The van der Waals surface area contributed by atoms with Gasteiger partial charge in [-0.1, -0.05) is 123 Å². The third-order valence-corrected chi connectivity index (χ3v) is 11.1. The van der Waals surface area contributed by atoms with E-state index in [1.54, 1.807) is 0 Å². The van der Waals surface area contributed by atoms with E-state index in [2.05, 4.69) is 147 Å². The highest BCUT2D eigenvalue weighted by Crippen LogP contribution is 2.51. The Morgan fingerprint density at radius 1 is 0.388 bits per heavy atom. The summed E-state index contributed by atoms with van der Waals surface area (Å²) < 4.78 is 12.9. The number of benzene rings is 8. The van der Waals surface area contributed by atoms with Crippen molar-refractivity contribution < 1.29 is 8.83 Å². The minimum absolute atomic E-state index is 0.0679. The molecule has 0 amide bonds. The standard InChI is InChI=1S/C47H30O2/c1-47(2)38-17-9-7-11-29(38)30-21-19-28(26-39(30)47)44-34-15-5-3-13-32(34)43(33-14-4-6-16-35(33)44)27-20-23-41-37(25-27)45-42(48-41)24-22-36-31-12-8-10-18-40(31)49-46(36)45/h3-26H,1-2H3. The van der Waals surface area contributed by atoms with Crippen molar-refractivity contribution in [1.29, 1.82) is 0 Å². The number of para-hydroxylation sites is 1. The second kappa shape index (κ2) is 9.49. The van der Waals surface area contributed by atoms with Gasteiger partial charge < -0.3 is 8.83 Å².